The number of benzene rings is 1. The van der Waals surface area contributed by atoms with Gasteiger partial charge in [-0.15, -0.1) is 10.2 Å². The van der Waals surface area contributed by atoms with Crippen LogP contribution in [0.15, 0.2) is 18.3 Å². The van der Waals surface area contributed by atoms with E-state index in [0.29, 0.717) is 41.3 Å². The number of alkyl halides is 3. The van der Waals surface area contributed by atoms with Crippen LogP contribution in [0.3, 0.4) is 0 Å². The van der Waals surface area contributed by atoms with E-state index >= 15 is 0 Å². The average Bonchev–Trinajstić information content (AvgIpc) is 3.17. The summed E-state index contributed by atoms with van der Waals surface area (Å²) in [6.45, 7) is 6.39. The van der Waals surface area contributed by atoms with Gasteiger partial charge >= 0.3 is 6.18 Å². The van der Waals surface area contributed by atoms with Crippen molar-refractivity contribution in [3.05, 3.63) is 29.5 Å². The summed E-state index contributed by atoms with van der Waals surface area (Å²) in [6.07, 6.45) is -0.695. The minimum atomic E-state index is -4.48. The maximum atomic E-state index is 13.3. The molecule has 10 heteroatoms. The molecule has 7 nitrogen and oxygen atoms in total. The van der Waals surface area contributed by atoms with Crippen molar-refractivity contribution in [3.8, 4) is 17.0 Å². The van der Waals surface area contributed by atoms with Gasteiger partial charge in [-0.2, -0.15) is 13.2 Å². The van der Waals surface area contributed by atoms with Crippen LogP contribution in [0.25, 0.3) is 11.3 Å². The summed E-state index contributed by atoms with van der Waals surface area (Å²) >= 11 is 0. The molecular formula is C21H26F3N5O2. The van der Waals surface area contributed by atoms with Crippen molar-refractivity contribution in [1.82, 2.24) is 20.5 Å². The average molecular weight is 437 g/mol. The van der Waals surface area contributed by atoms with Crippen LogP contribution in [0.2, 0.25) is 0 Å². The lowest BCUT2D eigenvalue weighted by atomic mass is 9.93. The minimum absolute atomic E-state index is 0.0438. The van der Waals surface area contributed by atoms with Crippen molar-refractivity contribution in [1.29, 1.82) is 0 Å². The minimum Gasteiger partial charge on any atom is -0.467 e. The molecule has 0 radical (unpaired) electrons. The molecule has 0 spiro atoms. The number of rotatable bonds is 6. The lowest BCUT2D eigenvalue weighted by Gasteiger charge is -2.31. The highest BCUT2D eigenvalue weighted by Crippen LogP contribution is 2.39. The Hall–Kier alpha value is -2.46. The molecule has 0 bridgehead atoms. The summed E-state index contributed by atoms with van der Waals surface area (Å²) in [5.41, 5.74) is 0.380. The highest BCUT2D eigenvalue weighted by atomic mass is 19.4. The van der Waals surface area contributed by atoms with Crippen LogP contribution in [-0.2, 0) is 10.9 Å². The number of aromatic nitrogens is 3. The molecule has 2 aliphatic rings. The van der Waals surface area contributed by atoms with Gasteiger partial charge in [0.05, 0.1) is 11.8 Å². The Bertz CT molecular complexity index is 907. The highest BCUT2D eigenvalue weighted by Gasteiger charge is 2.37. The number of hydrogen-bond acceptors (Lipinski definition) is 7. The second-order valence-electron chi connectivity index (χ2n) is 7.86. The van der Waals surface area contributed by atoms with Gasteiger partial charge in [0.2, 0.25) is 5.95 Å². The molecule has 2 saturated heterocycles. The molecule has 0 saturated carbocycles. The third-order valence-electron chi connectivity index (χ3n) is 5.92. The van der Waals surface area contributed by atoms with Gasteiger partial charge in [0.1, 0.15) is 11.4 Å². The van der Waals surface area contributed by atoms with Gasteiger partial charge in [-0.3, -0.25) is 0 Å². The number of nitrogens with zero attached hydrogens (tertiary/aromatic N) is 4. The molecule has 2 fully saturated rings. The topological polar surface area (TPSA) is 72.4 Å². The maximum absolute atomic E-state index is 13.3. The van der Waals surface area contributed by atoms with Gasteiger partial charge in [-0.05, 0) is 56.8 Å². The molecule has 0 aliphatic carbocycles. The molecule has 2 atom stereocenters. The second-order valence-corrected chi connectivity index (χ2v) is 7.86. The Morgan fingerprint density at radius 3 is 2.77 bits per heavy atom. The zero-order valence-corrected chi connectivity index (χ0v) is 17.6. The van der Waals surface area contributed by atoms with Gasteiger partial charge in [-0.1, -0.05) is 0 Å². The fourth-order valence-electron chi connectivity index (χ4n) is 4.38. The lowest BCUT2D eigenvalue weighted by Crippen LogP contribution is -2.46. The number of ether oxygens (including phenoxy) is 2. The molecule has 31 heavy (non-hydrogen) atoms. The van der Waals surface area contributed by atoms with Gasteiger partial charge in [0.15, 0.2) is 6.79 Å². The molecule has 3 heterocycles. The number of aryl methyl sites for hydroxylation is 1. The summed E-state index contributed by atoms with van der Waals surface area (Å²) in [5, 5.41) is 12.0. The van der Waals surface area contributed by atoms with E-state index in [9.17, 15) is 13.2 Å². The van der Waals surface area contributed by atoms with Gasteiger partial charge in [0.25, 0.3) is 0 Å². The SMILES string of the molecule is CCOCOc1cc(C(F)(F)F)cc(C)c1-c1cnc(N2CCC3CCNCC32)nn1. The maximum Gasteiger partial charge on any atom is 0.416 e. The first-order valence-corrected chi connectivity index (χ1v) is 10.5. The van der Waals surface area contributed by atoms with Crippen LogP contribution in [-0.4, -0.2) is 54.3 Å². The van der Waals surface area contributed by atoms with Crippen LogP contribution >= 0.6 is 0 Å². The van der Waals surface area contributed by atoms with Gasteiger partial charge in [0, 0.05) is 31.3 Å². The predicted molar refractivity (Wildman–Crippen MR) is 109 cm³/mol. The molecule has 2 aliphatic heterocycles. The van der Waals surface area contributed by atoms with Gasteiger partial charge in [-0.25, -0.2) is 4.98 Å². The molecule has 2 aromatic rings. The first-order chi connectivity index (χ1) is 14.9. The first kappa shape index (κ1) is 21.8. The summed E-state index contributed by atoms with van der Waals surface area (Å²) in [5.74, 6) is 1.21. The van der Waals surface area contributed by atoms with E-state index in [1.807, 2.05) is 0 Å². The Kier molecular flexibility index (Phi) is 6.29. The molecule has 1 N–H and O–H groups in total. The highest BCUT2D eigenvalue weighted by molar-refractivity contribution is 5.71. The summed E-state index contributed by atoms with van der Waals surface area (Å²) in [4.78, 5) is 6.66. The fraction of sp³-hybridized carbons (Fsp3) is 0.571. The standard InChI is InChI=1S/C21H26F3N5O2/c1-3-30-12-31-18-9-15(21(22,23)24)8-13(2)19(18)16-10-26-20(28-27-16)29-7-5-14-4-6-25-11-17(14)29/h8-10,14,17,25H,3-7,11-12H2,1-2H3. The van der Waals surface area contributed by atoms with E-state index in [1.54, 1.807) is 20.0 Å². The third kappa shape index (κ3) is 4.59. The molecule has 1 aromatic heterocycles. The van der Waals surface area contributed by atoms with Crippen LogP contribution in [0.1, 0.15) is 30.9 Å². The Morgan fingerprint density at radius 1 is 1.23 bits per heavy atom. The van der Waals surface area contributed by atoms with Crippen molar-refractivity contribution >= 4 is 5.95 Å². The summed E-state index contributed by atoms with van der Waals surface area (Å²) < 4.78 is 50.6. The predicted octanol–water partition coefficient (Wildman–Crippen LogP) is 3.43. The van der Waals surface area contributed by atoms with E-state index in [-0.39, 0.29) is 12.5 Å². The van der Waals surface area contributed by atoms with Crippen molar-refractivity contribution in [3.63, 3.8) is 0 Å². The van der Waals surface area contributed by atoms with Crippen LogP contribution in [0.4, 0.5) is 19.1 Å². The van der Waals surface area contributed by atoms with E-state index in [0.717, 1.165) is 44.6 Å². The molecule has 168 valence electrons. The van der Waals surface area contributed by atoms with Crippen molar-refractivity contribution in [2.24, 2.45) is 5.92 Å². The molecule has 2 unspecified atom stereocenters. The van der Waals surface area contributed by atoms with Crippen molar-refractivity contribution in [2.75, 3.05) is 37.9 Å². The molecule has 4 rings (SSSR count). The molecular weight excluding hydrogens is 411 g/mol. The largest absolute Gasteiger partial charge is 0.467 e. The molecule has 0 amide bonds. The second kappa shape index (κ2) is 8.96. The van der Waals surface area contributed by atoms with Crippen LogP contribution in [0, 0.1) is 12.8 Å². The quantitative estimate of drug-likeness (QED) is 0.548. The van der Waals surface area contributed by atoms with E-state index in [1.165, 1.54) is 0 Å². The zero-order valence-electron chi connectivity index (χ0n) is 17.6. The van der Waals surface area contributed by atoms with Crippen molar-refractivity contribution in [2.45, 2.75) is 38.9 Å². The third-order valence-corrected chi connectivity index (χ3v) is 5.92. The number of piperidine rings is 1. The smallest absolute Gasteiger partial charge is 0.416 e. The lowest BCUT2D eigenvalue weighted by molar-refractivity contribution is -0.137. The van der Waals surface area contributed by atoms with Crippen LogP contribution < -0.4 is 15.0 Å². The first-order valence-electron chi connectivity index (χ1n) is 10.5. The Morgan fingerprint density at radius 2 is 2.06 bits per heavy atom. The fourth-order valence-corrected chi connectivity index (χ4v) is 4.38. The summed E-state index contributed by atoms with van der Waals surface area (Å²) in [6, 6.07) is 2.40. The van der Waals surface area contributed by atoms with Crippen molar-refractivity contribution < 1.29 is 22.6 Å². The van der Waals surface area contributed by atoms with E-state index in [2.05, 4.69) is 25.4 Å². The van der Waals surface area contributed by atoms with E-state index < -0.39 is 11.7 Å². The number of nitrogens with one attached hydrogen (secondary N) is 1. The normalized spacial score (nSPS) is 21.3. The summed E-state index contributed by atoms with van der Waals surface area (Å²) in [7, 11) is 0. The number of halogens is 3. The Labute approximate surface area is 179 Å². The van der Waals surface area contributed by atoms with E-state index in [4.69, 9.17) is 9.47 Å². The number of fused-ring (bicyclic) bond motifs is 1. The number of anilines is 1. The molecule has 1 aromatic carbocycles. The zero-order chi connectivity index (χ0) is 22.0. The monoisotopic (exact) mass is 437 g/mol. The Balaban J connectivity index is 1.63. The number of hydrogen-bond donors (Lipinski definition) is 1. The van der Waals surface area contributed by atoms with Gasteiger partial charge < -0.3 is 19.7 Å². The van der Waals surface area contributed by atoms with Crippen LogP contribution in [0.5, 0.6) is 5.75 Å².